The van der Waals surface area contributed by atoms with Crippen LogP contribution in [0.1, 0.15) is 24.1 Å². The fourth-order valence-corrected chi connectivity index (χ4v) is 3.53. The number of rotatable bonds is 4. The molecule has 3 aromatic rings. The minimum absolute atomic E-state index is 0.212. The van der Waals surface area contributed by atoms with Gasteiger partial charge in [0.2, 0.25) is 5.91 Å². The van der Waals surface area contributed by atoms with E-state index in [0.29, 0.717) is 5.52 Å². The molecular weight excluding hydrogens is 390 g/mol. The smallest absolute Gasteiger partial charge is 0.260 e. The van der Waals surface area contributed by atoms with Crippen molar-refractivity contribution in [2.45, 2.75) is 25.7 Å². The number of hydrazone groups is 1. The second-order valence-electron chi connectivity index (χ2n) is 7.59. The molecule has 0 bridgehead atoms. The fraction of sp³-hybridized carbons (Fsp3) is 0.286. The van der Waals surface area contributed by atoms with Crippen molar-refractivity contribution in [2.24, 2.45) is 11.0 Å². The van der Waals surface area contributed by atoms with E-state index in [1.54, 1.807) is 18.5 Å². The first-order chi connectivity index (χ1) is 14.4. The van der Waals surface area contributed by atoms with E-state index in [4.69, 9.17) is 0 Å². The van der Waals surface area contributed by atoms with Crippen molar-refractivity contribution in [2.75, 3.05) is 11.9 Å². The van der Waals surface area contributed by atoms with E-state index in [1.807, 2.05) is 25.3 Å². The number of pyridine rings is 3. The summed E-state index contributed by atoms with van der Waals surface area (Å²) in [7, 11) is 0. The lowest BCUT2D eigenvalue weighted by Gasteiger charge is -2.09. The van der Waals surface area contributed by atoms with Crippen LogP contribution in [0.15, 0.2) is 41.9 Å². The third kappa shape index (κ3) is 3.36. The van der Waals surface area contributed by atoms with Crippen LogP contribution in [0.4, 0.5) is 14.6 Å². The van der Waals surface area contributed by atoms with Gasteiger partial charge in [-0.3, -0.25) is 14.8 Å². The Kier molecular flexibility index (Phi) is 4.19. The molecule has 1 aliphatic carbocycles. The van der Waals surface area contributed by atoms with Gasteiger partial charge in [-0.15, -0.1) is 0 Å². The summed E-state index contributed by atoms with van der Waals surface area (Å²) < 4.78 is 26.1. The van der Waals surface area contributed by atoms with E-state index in [0.717, 1.165) is 46.4 Å². The molecule has 0 aromatic carbocycles. The summed E-state index contributed by atoms with van der Waals surface area (Å²) >= 11 is 0. The predicted octanol–water partition coefficient (Wildman–Crippen LogP) is 3.29. The number of hydrogen-bond acceptors (Lipinski definition) is 6. The minimum Gasteiger partial charge on any atom is -0.310 e. The lowest BCUT2D eigenvalue weighted by atomic mass is 10.0. The molecule has 0 radical (unpaired) electrons. The zero-order chi connectivity index (χ0) is 20.9. The maximum atomic E-state index is 13.0. The van der Waals surface area contributed by atoms with Gasteiger partial charge in [0.05, 0.1) is 16.9 Å². The number of carbonyl (C=O) groups excluding carboxylic acids is 1. The molecule has 0 unspecified atom stereocenters. The van der Waals surface area contributed by atoms with Crippen LogP contribution in [0, 0.1) is 12.8 Å². The van der Waals surface area contributed by atoms with Crippen molar-refractivity contribution in [1.29, 1.82) is 0 Å². The van der Waals surface area contributed by atoms with Crippen molar-refractivity contribution in [3.8, 4) is 11.1 Å². The number of aryl methyl sites for hydroxylation is 1. The molecular formula is C21H18F2N6O. The predicted molar refractivity (Wildman–Crippen MR) is 108 cm³/mol. The van der Waals surface area contributed by atoms with Crippen LogP contribution >= 0.6 is 0 Å². The second-order valence-corrected chi connectivity index (χ2v) is 7.59. The van der Waals surface area contributed by atoms with Gasteiger partial charge < -0.3 is 10.7 Å². The SMILES string of the molecule is Cc1cc(C2=NNCC2)ncc1-c1cnc2cc(NC(=O)[C@H]3CC3(F)F)ncc2c1. The van der Waals surface area contributed by atoms with Gasteiger partial charge in [-0.2, -0.15) is 5.10 Å². The summed E-state index contributed by atoms with van der Waals surface area (Å²) in [6, 6.07) is 5.53. The van der Waals surface area contributed by atoms with E-state index in [-0.39, 0.29) is 5.82 Å². The van der Waals surface area contributed by atoms with Gasteiger partial charge in [-0.1, -0.05) is 0 Å². The van der Waals surface area contributed by atoms with Crippen LogP contribution in [0.25, 0.3) is 22.0 Å². The molecule has 7 nitrogen and oxygen atoms in total. The maximum Gasteiger partial charge on any atom is 0.260 e. The highest BCUT2D eigenvalue weighted by molar-refractivity contribution is 6.00. The molecule has 5 rings (SSSR count). The normalized spacial score (nSPS) is 19.3. The van der Waals surface area contributed by atoms with E-state index >= 15 is 0 Å². The first-order valence-corrected chi connectivity index (χ1v) is 9.62. The molecule has 152 valence electrons. The molecule has 1 saturated carbocycles. The molecule has 4 heterocycles. The van der Waals surface area contributed by atoms with E-state index in [2.05, 4.69) is 30.8 Å². The highest BCUT2D eigenvalue weighted by Gasteiger charge is 2.61. The number of aromatic nitrogens is 3. The zero-order valence-electron chi connectivity index (χ0n) is 16.1. The maximum absolute atomic E-state index is 13.0. The van der Waals surface area contributed by atoms with Crippen molar-refractivity contribution < 1.29 is 13.6 Å². The Morgan fingerprint density at radius 1 is 1.17 bits per heavy atom. The Morgan fingerprint density at radius 3 is 2.70 bits per heavy atom. The number of nitrogens with one attached hydrogen (secondary N) is 2. The van der Waals surface area contributed by atoms with Crippen LogP contribution in [0.2, 0.25) is 0 Å². The van der Waals surface area contributed by atoms with Gasteiger partial charge in [-0.05, 0) is 24.6 Å². The Labute approximate surface area is 170 Å². The number of fused-ring (bicyclic) bond motifs is 1. The summed E-state index contributed by atoms with van der Waals surface area (Å²) in [5.74, 6) is -4.68. The minimum atomic E-state index is -2.91. The van der Waals surface area contributed by atoms with Crippen LogP contribution < -0.4 is 10.7 Å². The van der Waals surface area contributed by atoms with Crippen LogP contribution in [0.5, 0.6) is 0 Å². The second kappa shape index (κ2) is 6.79. The Morgan fingerprint density at radius 2 is 2.00 bits per heavy atom. The molecule has 0 spiro atoms. The average Bonchev–Trinajstić information content (AvgIpc) is 3.12. The van der Waals surface area contributed by atoms with Gasteiger partial charge in [0.25, 0.3) is 5.92 Å². The van der Waals surface area contributed by atoms with Crippen LogP contribution in [-0.4, -0.2) is 39.0 Å². The fourth-order valence-electron chi connectivity index (χ4n) is 3.53. The summed E-state index contributed by atoms with van der Waals surface area (Å²) in [5.41, 5.74) is 8.27. The van der Waals surface area contributed by atoms with E-state index in [1.165, 1.54) is 0 Å². The summed E-state index contributed by atoms with van der Waals surface area (Å²) in [5, 5.41) is 7.47. The topological polar surface area (TPSA) is 92.2 Å². The van der Waals surface area contributed by atoms with Crippen LogP contribution in [0.3, 0.4) is 0 Å². The first kappa shape index (κ1) is 18.5. The number of carbonyl (C=O) groups is 1. The molecule has 1 aliphatic heterocycles. The number of halogens is 2. The average molecular weight is 408 g/mol. The lowest BCUT2D eigenvalue weighted by molar-refractivity contribution is -0.119. The number of nitrogens with zero attached hydrogens (tertiary/aromatic N) is 4. The summed E-state index contributed by atoms with van der Waals surface area (Å²) in [6.07, 6.45) is 5.55. The monoisotopic (exact) mass is 408 g/mol. The molecule has 1 atom stereocenters. The Hall–Kier alpha value is -3.49. The van der Waals surface area contributed by atoms with Gasteiger partial charge in [0, 0.05) is 60.6 Å². The van der Waals surface area contributed by atoms with Crippen molar-refractivity contribution >= 4 is 28.3 Å². The van der Waals surface area contributed by atoms with Gasteiger partial charge >= 0.3 is 0 Å². The van der Waals surface area contributed by atoms with E-state index in [9.17, 15) is 13.6 Å². The molecule has 9 heteroatoms. The van der Waals surface area contributed by atoms with Crippen LogP contribution in [-0.2, 0) is 4.79 Å². The molecule has 30 heavy (non-hydrogen) atoms. The zero-order valence-corrected chi connectivity index (χ0v) is 16.1. The summed E-state index contributed by atoms with van der Waals surface area (Å²) in [4.78, 5) is 25.0. The summed E-state index contributed by atoms with van der Waals surface area (Å²) in [6.45, 7) is 2.84. The largest absolute Gasteiger partial charge is 0.310 e. The molecule has 2 aliphatic rings. The van der Waals surface area contributed by atoms with Gasteiger partial charge in [0.15, 0.2) is 0 Å². The molecule has 0 saturated heterocycles. The highest BCUT2D eigenvalue weighted by Crippen LogP contribution is 2.49. The highest BCUT2D eigenvalue weighted by atomic mass is 19.3. The third-order valence-electron chi connectivity index (χ3n) is 5.36. The number of amides is 1. The molecule has 1 amide bonds. The van der Waals surface area contributed by atoms with E-state index < -0.39 is 24.2 Å². The van der Waals surface area contributed by atoms with Crippen molar-refractivity contribution in [3.63, 3.8) is 0 Å². The molecule has 1 fully saturated rings. The molecule has 2 N–H and O–H groups in total. The molecule has 3 aromatic heterocycles. The standard InChI is InChI=1S/C21H18F2N6O/c1-11-4-18(16-2-3-27-29-16)25-10-14(11)12-5-13-9-26-19(6-17(13)24-8-12)28-20(30)15-7-21(15,22)23/h4-6,8-10,15,27H,2-3,7H2,1H3,(H,26,28,30)/t15-/m1/s1. The quantitative estimate of drug-likeness (QED) is 0.691. The number of hydrogen-bond donors (Lipinski definition) is 2. The third-order valence-corrected chi connectivity index (χ3v) is 5.36. The Balaban J connectivity index is 1.39. The number of alkyl halides is 2. The lowest BCUT2D eigenvalue weighted by Crippen LogP contribution is -2.18. The number of anilines is 1. The van der Waals surface area contributed by atoms with Crippen molar-refractivity contribution in [3.05, 3.63) is 48.0 Å². The van der Waals surface area contributed by atoms with Gasteiger partial charge in [0.1, 0.15) is 11.7 Å². The first-order valence-electron chi connectivity index (χ1n) is 9.62. The van der Waals surface area contributed by atoms with Crippen molar-refractivity contribution in [1.82, 2.24) is 20.4 Å². The van der Waals surface area contributed by atoms with Gasteiger partial charge in [-0.25, -0.2) is 13.8 Å². The Bertz CT molecular complexity index is 1210.